The summed E-state index contributed by atoms with van der Waals surface area (Å²) in [6, 6.07) is 26.5. The molecular weight excluding hydrogens is 500 g/mol. The van der Waals surface area contributed by atoms with Gasteiger partial charge in [0.05, 0.1) is 6.61 Å². The summed E-state index contributed by atoms with van der Waals surface area (Å²) >= 11 is 6.09. The van der Waals surface area contributed by atoms with Crippen LogP contribution in [0.2, 0.25) is 5.02 Å². The van der Waals surface area contributed by atoms with Crippen LogP contribution < -0.4 is 4.74 Å². The van der Waals surface area contributed by atoms with Crippen molar-refractivity contribution in [3.8, 4) is 5.75 Å². The van der Waals surface area contributed by atoms with Crippen LogP contribution in [0.1, 0.15) is 36.9 Å². The van der Waals surface area contributed by atoms with E-state index in [1.54, 1.807) is 11.1 Å². The number of carbonyl (C=O) groups is 2. The highest BCUT2D eigenvalue weighted by molar-refractivity contribution is 6.30. The highest BCUT2D eigenvalue weighted by Crippen LogP contribution is 2.38. The maximum Gasteiger partial charge on any atom is 0.266 e. The van der Waals surface area contributed by atoms with Gasteiger partial charge in [0.25, 0.3) is 11.8 Å². The number of β-lactam (4-membered cyclic amide) rings is 1. The minimum atomic E-state index is -0.595. The van der Waals surface area contributed by atoms with Gasteiger partial charge < -0.3 is 19.3 Å². The van der Waals surface area contributed by atoms with Crippen LogP contribution in [-0.2, 0) is 20.9 Å². The number of halogens is 1. The van der Waals surface area contributed by atoms with Crippen LogP contribution in [0.15, 0.2) is 97.2 Å². The lowest BCUT2D eigenvalue weighted by Crippen LogP contribution is -2.61. The summed E-state index contributed by atoms with van der Waals surface area (Å²) in [5.41, 5.74) is 2.00. The number of nitrogens with zero attached hydrogens (tertiary/aromatic N) is 2. The predicted molar refractivity (Wildman–Crippen MR) is 149 cm³/mol. The molecule has 2 amide bonds. The molecule has 0 saturated carbocycles. The summed E-state index contributed by atoms with van der Waals surface area (Å²) in [5, 5.41) is 0.642. The first-order valence-corrected chi connectivity index (χ1v) is 13.3. The summed E-state index contributed by atoms with van der Waals surface area (Å²) in [5.74, 6) is 0.514. The highest BCUT2D eigenvalue weighted by Gasteiger charge is 2.49. The van der Waals surface area contributed by atoms with Crippen LogP contribution in [0.5, 0.6) is 5.75 Å². The maximum atomic E-state index is 13.1. The molecule has 1 fully saturated rings. The van der Waals surface area contributed by atoms with Gasteiger partial charge in [0.15, 0.2) is 0 Å². The molecule has 1 aliphatic heterocycles. The monoisotopic (exact) mass is 532 g/mol. The molecule has 38 heavy (non-hydrogen) atoms. The Morgan fingerprint density at radius 2 is 1.68 bits per heavy atom. The molecule has 198 valence electrons. The molecule has 0 N–H and O–H groups in total. The van der Waals surface area contributed by atoms with Crippen LogP contribution in [0.25, 0.3) is 0 Å². The van der Waals surface area contributed by atoms with Crippen molar-refractivity contribution in [3.63, 3.8) is 0 Å². The van der Waals surface area contributed by atoms with Crippen LogP contribution in [0.4, 0.5) is 0 Å². The van der Waals surface area contributed by atoms with Crippen molar-refractivity contribution in [2.24, 2.45) is 0 Å². The van der Waals surface area contributed by atoms with E-state index in [2.05, 4.69) is 0 Å². The third-order valence-electron chi connectivity index (χ3n) is 6.31. The molecule has 1 saturated heterocycles. The Hall–Kier alpha value is -3.61. The summed E-state index contributed by atoms with van der Waals surface area (Å²) in [6.45, 7) is 3.55. The van der Waals surface area contributed by atoms with Crippen LogP contribution in [-0.4, -0.2) is 47.4 Å². The van der Waals surface area contributed by atoms with Crippen LogP contribution in [0.3, 0.4) is 0 Å². The van der Waals surface area contributed by atoms with Crippen molar-refractivity contribution in [1.82, 2.24) is 9.80 Å². The summed E-state index contributed by atoms with van der Waals surface area (Å²) < 4.78 is 11.7. The average Bonchev–Trinajstić information content (AvgIpc) is 2.95. The Morgan fingerprint density at radius 1 is 1.00 bits per heavy atom. The number of amides is 2. The molecule has 0 spiro atoms. The highest BCUT2D eigenvalue weighted by atomic mass is 35.5. The fraction of sp³-hybridized carbons (Fsp3) is 0.290. The van der Waals surface area contributed by atoms with Crippen molar-refractivity contribution >= 4 is 23.4 Å². The summed E-state index contributed by atoms with van der Waals surface area (Å²) in [4.78, 5) is 29.3. The van der Waals surface area contributed by atoms with E-state index in [0.29, 0.717) is 36.9 Å². The van der Waals surface area contributed by atoms with Gasteiger partial charge in [-0.1, -0.05) is 85.3 Å². The zero-order valence-electron chi connectivity index (χ0n) is 21.5. The minimum absolute atomic E-state index is 0.0149. The predicted octanol–water partition coefficient (Wildman–Crippen LogP) is 6.03. The molecule has 1 aliphatic rings. The number of benzene rings is 3. The molecule has 3 aromatic carbocycles. The Bertz CT molecular complexity index is 1200. The summed E-state index contributed by atoms with van der Waals surface area (Å²) in [7, 11) is 0. The zero-order chi connectivity index (χ0) is 26.7. The van der Waals surface area contributed by atoms with E-state index in [-0.39, 0.29) is 24.5 Å². The van der Waals surface area contributed by atoms with Crippen LogP contribution >= 0.6 is 11.6 Å². The first-order valence-electron chi connectivity index (χ1n) is 12.9. The third-order valence-corrected chi connectivity index (χ3v) is 6.56. The molecule has 7 heteroatoms. The van der Waals surface area contributed by atoms with E-state index in [0.717, 1.165) is 17.5 Å². The van der Waals surface area contributed by atoms with Crippen molar-refractivity contribution < 1.29 is 19.1 Å². The number of para-hydroxylation sites is 1. The van der Waals surface area contributed by atoms with Crippen molar-refractivity contribution in [1.29, 1.82) is 0 Å². The third kappa shape index (κ3) is 7.24. The van der Waals surface area contributed by atoms with Gasteiger partial charge in [0.2, 0.25) is 6.10 Å². The van der Waals surface area contributed by atoms with Crippen molar-refractivity contribution in [2.45, 2.75) is 38.5 Å². The van der Waals surface area contributed by atoms with E-state index in [1.807, 2.05) is 103 Å². The van der Waals surface area contributed by atoms with Crippen LogP contribution in [0, 0.1) is 0 Å². The molecule has 0 radical (unpaired) electrons. The number of ether oxygens (including phenoxy) is 2. The van der Waals surface area contributed by atoms with E-state index in [4.69, 9.17) is 21.1 Å². The summed E-state index contributed by atoms with van der Waals surface area (Å²) in [6.07, 6.45) is 4.57. The largest absolute Gasteiger partial charge is 0.478 e. The smallest absolute Gasteiger partial charge is 0.266 e. The molecule has 3 aromatic rings. The molecule has 0 bridgehead atoms. The SMILES string of the molecule is CCCN(/C=C/CCN1C(=O)[C@@H](Oc2ccccc2)[C@H]1c1ccc(Cl)cc1)C(=O)COCc1ccccc1. The standard InChI is InChI=1S/C31H33ClN2O4/c1-2-19-33(28(35)23-37-22-24-11-5-3-6-12-24)20-9-10-21-34-29(25-15-17-26(32)18-16-25)30(31(34)36)38-27-13-7-4-8-14-27/h3-9,11-18,20,29-30H,2,10,19,21-23H2,1H3/b20-9+/t29-,30+/m1/s1. The lowest BCUT2D eigenvalue weighted by atomic mass is 9.90. The Labute approximate surface area is 229 Å². The van der Waals surface area contributed by atoms with E-state index in [1.165, 1.54) is 0 Å². The number of likely N-dealkylation sites (tertiary alicyclic amines) is 1. The number of carbonyl (C=O) groups excluding carboxylic acids is 2. The quantitative estimate of drug-likeness (QED) is 0.252. The van der Waals surface area contributed by atoms with E-state index >= 15 is 0 Å². The minimum Gasteiger partial charge on any atom is -0.478 e. The number of hydrogen-bond donors (Lipinski definition) is 0. The molecular formula is C31H33ClN2O4. The first-order chi connectivity index (χ1) is 18.6. The maximum absolute atomic E-state index is 13.1. The second kappa shape index (κ2) is 13.8. The zero-order valence-corrected chi connectivity index (χ0v) is 22.3. The second-order valence-electron chi connectivity index (χ2n) is 9.12. The molecule has 4 rings (SSSR count). The topological polar surface area (TPSA) is 59.1 Å². The van der Waals surface area contributed by atoms with Gasteiger partial charge in [-0.25, -0.2) is 0 Å². The average molecular weight is 533 g/mol. The van der Waals surface area contributed by atoms with Gasteiger partial charge in [-0.05, 0) is 48.2 Å². The molecule has 6 nitrogen and oxygen atoms in total. The van der Waals surface area contributed by atoms with Gasteiger partial charge in [0, 0.05) is 24.3 Å². The Kier molecular flexibility index (Phi) is 9.96. The molecule has 0 unspecified atom stereocenters. The lowest BCUT2D eigenvalue weighted by molar-refractivity contribution is -0.163. The normalized spacial score (nSPS) is 16.9. The second-order valence-corrected chi connectivity index (χ2v) is 9.55. The van der Waals surface area contributed by atoms with Gasteiger partial charge >= 0.3 is 0 Å². The fourth-order valence-corrected chi connectivity index (χ4v) is 4.52. The molecule has 2 atom stereocenters. The molecule has 0 aliphatic carbocycles. The van der Waals surface area contributed by atoms with Gasteiger partial charge in [0.1, 0.15) is 18.4 Å². The van der Waals surface area contributed by atoms with Gasteiger partial charge in [-0.3, -0.25) is 9.59 Å². The Balaban J connectivity index is 1.34. The van der Waals surface area contributed by atoms with E-state index < -0.39 is 6.10 Å². The first kappa shape index (κ1) is 27.4. The van der Waals surface area contributed by atoms with Gasteiger partial charge in [-0.2, -0.15) is 0 Å². The number of rotatable bonds is 13. The van der Waals surface area contributed by atoms with E-state index in [9.17, 15) is 9.59 Å². The lowest BCUT2D eigenvalue weighted by Gasteiger charge is -2.46. The van der Waals surface area contributed by atoms with Crippen molar-refractivity contribution in [3.05, 3.63) is 113 Å². The fourth-order valence-electron chi connectivity index (χ4n) is 4.39. The van der Waals surface area contributed by atoms with Crippen molar-refractivity contribution in [2.75, 3.05) is 19.7 Å². The molecule has 1 heterocycles. The Morgan fingerprint density at radius 3 is 2.37 bits per heavy atom. The number of hydrogen-bond acceptors (Lipinski definition) is 4. The van der Waals surface area contributed by atoms with Gasteiger partial charge in [-0.15, -0.1) is 0 Å². The molecule has 0 aromatic heterocycles.